The van der Waals surface area contributed by atoms with Crippen molar-refractivity contribution < 1.29 is 19.1 Å². The Bertz CT molecular complexity index is 1350. The molecular weight excluding hydrogens is 526 g/mol. The standard InChI is InChI=1S/C32H36ClN3O4/c1-6-10-25-17-24(18-28(39-7-2)30(25)40-20-23-15-13-22(5)14-16-23)19-34-36-32(38)29(21(3)4)35-31(37)26-11-8-9-12-27(26)33/h6,8-9,11-19,21,29H,1,7,10,20H2,2-5H3,(H,35,37)(H,36,38)/b34-19-. The molecule has 3 aromatic carbocycles. The Morgan fingerprint density at radius 2 is 1.80 bits per heavy atom. The number of nitrogens with one attached hydrogen (secondary N) is 2. The second kappa shape index (κ2) is 14.9. The third-order valence-electron chi connectivity index (χ3n) is 6.06. The summed E-state index contributed by atoms with van der Waals surface area (Å²) in [7, 11) is 0. The van der Waals surface area contributed by atoms with Crippen molar-refractivity contribution in [1.29, 1.82) is 0 Å². The van der Waals surface area contributed by atoms with Gasteiger partial charge in [0.25, 0.3) is 11.8 Å². The van der Waals surface area contributed by atoms with Gasteiger partial charge < -0.3 is 14.8 Å². The van der Waals surface area contributed by atoms with E-state index in [4.69, 9.17) is 21.1 Å². The first-order valence-electron chi connectivity index (χ1n) is 13.2. The molecule has 1 atom stereocenters. The van der Waals surface area contributed by atoms with Crippen LogP contribution >= 0.6 is 11.6 Å². The lowest BCUT2D eigenvalue weighted by molar-refractivity contribution is -0.123. The second-order valence-corrected chi connectivity index (χ2v) is 10.0. The zero-order valence-corrected chi connectivity index (χ0v) is 24.1. The molecule has 0 saturated heterocycles. The number of carbonyl (C=O) groups is 2. The molecule has 3 aromatic rings. The zero-order valence-electron chi connectivity index (χ0n) is 23.4. The summed E-state index contributed by atoms with van der Waals surface area (Å²) >= 11 is 6.14. The third kappa shape index (κ3) is 8.45. The molecule has 0 aliphatic rings. The number of carbonyl (C=O) groups excluding carboxylic acids is 2. The highest BCUT2D eigenvalue weighted by Crippen LogP contribution is 2.34. The maximum absolute atomic E-state index is 12.9. The Hall–Kier alpha value is -4.10. The van der Waals surface area contributed by atoms with Crippen LogP contribution in [0.15, 0.2) is 78.4 Å². The van der Waals surface area contributed by atoms with Gasteiger partial charge in [-0.3, -0.25) is 9.59 Å². The normalized spacial score (nSPS) is 11.8. The quantitative estimate of drug-likeness (QED) is 0.146. The minimum absolute atomic E-state index is 0.185. The summed E-state index contributed by atoms with van der Waals surface area (Å²) in [6, 6.07) is 17.8. The van der Waals surface area contributed by atoms with Gasteiger partial charge in [0.2, 0.25) is 0 Å². The van der Waals surface area contributed by atoms with E-state index in [9.17, 15) is 9.59 Å². The van der Waals surface area contributed by atoms with Crippen molar-refractivity contribution in [3.63, 3.8) is 0 Å². The summed E-state index contributed by atoms with van der Waals surface area (Å²) in [6.45, 7) is 12.3. The molecule has 0 fully saturated rings. The van der Waals surface area contributed by atoms with E-state index < -0.39 is 17.9 Å². The van der Waals surface area contributed by atoms with Crippen molar-refractivity contribution >= 4 is 29.6 Å². The Balaban J connectivity index is 1.76. The summed E-state index contributed by atoms with van der Waals surface area (Å²) in [4.78, 5) is 25.7. The summed E-state index contributed by atoms with van der Waals surface area (Å²) in [5.41, 5.74) is 6.67. The molecule has 3 rings (SSSR count). The molecule has 0 saturated carbocycles. The molecule has 210 valence electrons. The highest BCUT2D eigenvalue weighted by atomic mass is 35.5. The number of hydrogen-bond acceptors (Lipinski definition) is 5. The van der Waals surface area contributed by atoms with Gasteiger partial charge in [0, 0.05) is 5.56 Å². The Kier molecular flexibility index (Phi) is 11.3. The predicted molar refractivity (Wildman–Crippen MR) is 160 cm³/mol. The maximum atomic E-state index is 12.9. The maximum Gasteiger partial charge on any atom is 0.262 e. The number of aryl methyl sites for hydroxylation is 1. The molecule has 2 N–H and O–H groups in total. The van der Waals surface area contributed by atoms with Gasteiger partial charge in [-0.05, 0) is 61.6 Å². The molecule has 0 spiro atoms. The molecule has 0 heterocycles. The van der Waals surface area contributed by atoms with E-state index >= 15 is 0 Å². The number of amides is 2. The fourth-order valence-corrected chi connectivity index (χ4v) is 4.19. The minimum Gasteiger partial charge on any atom is -0.490 e. The number of hydrazone groups is 1. The van der Waals surface area contributed by atoms with Crippen LogP contribution in [-0.4, -0.2) is 30.7 Å². The summed E-state index contributed by atoms with van der Waals surface area (Å²) in [5, 5.41) is 7.22. The second-order valence-electron chi connectivity index (χ2n) is 9.62. The number of allylic oxidation sites excluding steroid dienone is 1. The molecular formula is C32H36ClN3O4. The lowest BCUT2D eigenvalue weighted by Crippen LogP contribution is -2.48. The fourth-order valence-electron chi connectivity index (χ4n) is 3.97. The largest absolute Gasteiger partial charge is 0.490 e. The van der Waals surface area contributed by atoms with Crippen LogP contribution in [0.5, 0.6) is 11.5 Å². The van der Waals surface area contributed by atoms with Gasteiger partial charge in [-0.15, -0.1) is 6.58 Å². The van der Waals surface area contributed by atoms with E-state index in [1.165, 1.54) is 11.8 Å². The summed E-state index contributed by atoms with van der Waals surface area (Å²) < 4.78 is 12.1. The number of benzene rings is 3. The average Bonchev–Trinajstić information content (AvgIpc) is 2.92. The highest BCUT2D eigenvalue weighted by molar-refractivity contribution is 6.33. The first-order valence-corrected chi connectivity index (χ1v) is 13.6. The summed E-state index contributed by atoms with van der Waals surface area (Å²) in [6.07, 6.45) is 3.88. The molecule has 40 heavy (non-hydrogen) atoms. The van der Waals surface area contributed by atoms with Gasteiger partial charge in [0.05, 0.1) is 23.4 Å². The highest BCUT2D eigenvalue weighted by Gasteiger charge is 2.25. The number of halogens is 1. The first-order chi connectivity index (χ1) is 19.2. The molecule has 2 amide bonds. The third-order valence-corrected chi connectivity index (χ3v) is 6.39. The van der Waals surface area contributed by atoms with Crippen LogP contribution < -0.4 is 20.2 Å². The van der Waals surface area contributed by atoms with Crippen LogP contribution in [0.4, 0.5) is 0 Å². The molecule has 0 bridgehead atoms. The molecule has 7 nitrogen and oxygen atoms in total. The molecule has 0 aromatic heterocycles. The van der Waals surface area contributed by atoms with Crippen molar-refractivity contribution in [2.24, 2.45) is 11.0 Å². The lowest BCUT2D eigenvalue weighted by Gasteiger charge is -2.20. The number of rotatable bonds is 13. The lowest BCUT2D eigenvalue weighted by atomic mass is 10.0. The van der Waals surface area contributed by atoms with E-state index in [0.29, 0.717) is 47.3 Å². The number of ether oxygens (including phenoxy) is 2. The van der Waals surface area contributed by atoms with Crippen LogP contribution in [0.25, 0.3) is 0 Å². The van der Waals surface area contributed by atoms with Crippen molar-refractivity contribution in [3.05, 3.63) is 106 Å². The topological polar surface area (TPSA) is 89.0 Å². The molecule has 1 unspecified atom stereocenters. The molecule has 8 heteroatoms. The van der Waals surface area contributed by atoms with Crippen LogP contribution in [-0.2, 0) is 17.8 Å². The van der Waals surface area contributed by atoms with Crippen molar-refractivity contribution in [1.82, 2.24) is 10.7 Å². The molecule has 0 aliphatic carbocycles. The zero-order chi connectivity index (χ0) is 29.1. The van der Waals surface area contributed by atoms with Gasteiger partial charge in [0.15, 0.2) is 11.5 Å². The summed E-state index contributed by atoms with van der Waals surface area (Å²) in [5.74, 6) is 0.163. The molecule has 0 aliphatic heterocycles. The van der Waals surface area contributed by atoms with E-state index in [1.807, 2.05) is 64.1 Å². The van der Waals surface area contributed by atoms with Crippen molar-refractivity contribution in [2.75, 3.05) is 6.61 Å². The smallest absolute Gasteiger partial charge is 0.262 e. The Morgan fingerprint density at radius 3 is 2.45 bits per heavy atom. The monoisotopic (exact) mass is 561 g/mol. The number of nitrogens with zero attached hydrogens (tertiary/aromatic N) is 1. The number of hydrogen-bond donors (Lipinski definition) is 2. The SMILES string of the molecule is C=CCc1cc(/C=N\NC(=O)C(NC(=O)c2ccccc2Cl)C(C)C)cc(OCC)c1OCc1ccc(C)cc1. The van der Waals surface area contributed by atoms with E-state index in [2.05, 4.69) is 22.4 Å². The predicted octanol–water partition coefficient (Wildman–Crippen LogP) is 6.26. The van der Waals surface area contributed by atoms with Gasteiger partial charge in [-0.1, -0.05) is 73.5 Å². The molecule has 0 radical (unpaired) electrons. The van der Waals surface area contributed by atoms with Crippen molar-refractivity contribution in [3.8, 4) is 11.5 Å². The fraction of sp³-hybridized carbons (Fsp3) is 0.281. The van der Waals surface area contributed by atoms with Crippen LogP contribution in [0.1, 0.15) is 53.4 Å². The van der Waals surface area contributed by atoms with Gasteiger partial charge in [-0.2, -0.15) is 5.10 Å². The van der Waals surface area contributed by atoms with E-state index in [-0.39, 0.29) is 5.92 Å². The van der Waals surface area contributed by atoms with E-state index in [0.717, 1.165) is 11.1 Å². The van der Waals surface area contributed by atoms with Crippen molar-refractivity contribution in [2.45, 2.75) is 46.8 Å². The van der Waals surface area contributed by atoms with Gasteiger partial charge >= 0.3 is 0 Å². The minimum atomic E-state index is -0.811. The van der Waals surface area contributed by atoms with Gasteiger partial charge in [-0.25, -0.2) is 5.43 Å². The van der Waals surface area contributed by atoms with Crippen LogP contribution in [0.3, 0.4) is 0 Å². The Labute approximate surface area is 241 Å². The van der Waals surface area contributed by atoms with Crippen LogP contribution in [0, 0.1) is 12.8 Å². The Morgan fingerprint density at radius 1 is 1.07 bits per heavy atom. The first kappa shape index (κ1) is 30.4. The van der Waals surface area contributed by atoms with E-state index in [1.54, 1.807) is 30.3 Å². The van der Waals surface area contributed by atoms with Gasteiger partial charge in [0.1, 0.15) is 12.6 Å². The average molecular weight is 562 g/mol. The van der Waals surface area contributed by atoms with Crippen LogP contribution in [0.2, 0.25) is 5.02 Å².